The van der Waals surface area contributed by atoms with Crippen LogP contribution in [0.1, 0.15) is 11.4 Å². The highest BCUT2D eigenvalue weighted by Crippen LogP contribution is 2.23. The normalized spacial score (nSPS) is 11.4. The average molecular weight is 307 g/mol. The fraction of sp³-hybridized carbons (Fsp3) is 0.111. The van der Waals surface area contributed by atoms with Gasteiger partial charge in [-0.2, -0.15) is 0 Å². The molecule has 2 aromatic carbocycles. The number of rotatable bonds is 3. The number of fused-ring (bicyclic) bond motifs is 2. The molecule has 4 rings (SSSR count). The quantitative estimate of drug-likeness (QED) is 0.632. The predicted molar refractivity (Wildman–Crippen MR) is 86.5 cm³/mol. The SMILES string of the molecule is OCc1nc2ccccc2n1Cc1ccc(F)c2cccnc12. The van der Waals surface area contributed by atoms with E-state index in [4.69, 9.17) is 0 Å². The number of benzene rings is 2. The van der Waals surface area contributed by atoms with E-state index in [0.717, 1.165) is 16.6 Å². The van der Waals surface area contributed by atoms with Crippen LogP contribution in [0.3, 0.4) is 0 Å². The molecule has 0 unspecified atom stereocenters. The molecule has 0 aliphatic rings. The van der Waals surface area contributed by atoms with Gasteiger partial charge >= 0.3 is 0 Å². The van der Waals surface area contributed by atoms with Gasteiger partial charge in [0.05, 0.1) is 23.1 Å². The molecule has 0 saturated carbocycles. The van der Waals surface area contributed by atoms with Crippen LogP contribution in [-0.2, 0) is 13.2 Å². The Bertz CT molecular complexity index is 1010. The van der Waals surface area contributed by atoms with E-state index in [1.165, 1.54) is 6.07 Å². The van der Waals surface area contributed by atoms with Crippen molar-refractivity contribution in [2.45, 2.75) is 13.2 Å². The zero-order valence-electron chi connectivity index (χ0n) is 12.3. The van der Waals surface area contributed by atoms with Crippen molar-refractivity contribution in [1.82, 2.24) is 14.5 Å². The standard InChI is InChI=1S/C18H14FN3O/c19-14-8-7-12(18-13(14)4-3-9-20-18)10-22-16-6-2-1-5-15(16)21-17(22)11-23/h1-9,23H,10-11H2. The third-order valence-corrected chi connectivity index (χ3v) is 4.00. The maximum Gasteiger partial charge on any atom is 0.136 e. The second-order valence-electron chi connectivity index (χ2n) is 5.37. The summed E-state index contributed by atoms with van der Waals surface area (Å²) in [5.74, 6) is 0.300. The van der Waals surface area contributed by atoms with Crippen LogP contribution in [0.5, 0.6) is 0 Å². The van der Waals surface area contributed by atoms with Gasteiger partial charge in [0.1, 0.15) is 18.2 Å². The van der Waals surface area contributed by atoms with E-state index in [9.17, 15) is 9.50 Å². The van der Waals surface area contributed by atoms with Gasteiger partial charge in [-0.15, -0.1) is 0 Å². The Balaban J connectivity index is 1.90. The molecule has 0 saturated heterocycles. The van der Waals surface area contributed by atoms with Crippen LogP contribution in [0, 0.1) is 5.82 Å². The van der Waals surface area contributed by atoms with Gasteiger partial charge in [0.15, 0.2) is 0 Å². The first-order valence-electron chi connectivity index (χ1n) is 7.35. The molecule has 0 bridgehead atoms. The van der Waals surface area contributed by atoms with Crippen LogP contribution < -0.4 is 0 Å². The van der Waals surface area contributed by atoms with Gasteiger partial charge in [0.25, 0.3) is 0 Å². The number of hydrogen-bond acceptors (Lipinski definition) is 3. The lowest BCUT2D eigenvalue weighted by Crippen LogP contribution is -2.06. The van der Waals surface area contributed by atoms with Crippen molar-refractivity contribution in [3.8, 4) is 0 Å². The highest BCUT2D eigenvalue weighted by Gasteiger charge is 2.13. The second-order valence-corrected chi connectivity index (χ2v) is 5.37. The number of nitrogens with zero attached hydrogens (tertiary/aromatic N) is 3. The summed E-state index contributed by atoms with van der Waals surface area (Å²) in [6, 6.07) is 14.4. The second kappa shape index (κ2) is 5.44. The smallest absolute Gasteiger partial charge is 0.136 e. The van der Waals surface area contributed by atoms with Crippen molar-refractivity contribution in [3.63, 3.8) is 0 Å². The fourth-order valence-electron chi connectivity index (χ4n) is 2.92. The Hall–Kier alpha value is -2.79. The van der Waals surface area contributed by atoms with E-state index in [2.05, 4.69) is 9.97 Å². The molecule has 0 aliphatic heterocycles. The molecular formula is C18H14FN3O. The Morgan fingerprint density at radius 1 is 1.04 bits per heavy atom. The summed E-state index contributed by atoms with van der Waals surface area (Å²) in [5, 5.41) is 10.1. The Morgan fingerprint density at radius 3 is 2.78 bits per heavy atom. The number of imidazole rings is 1. The van der Waals surface area contributed by atoms with Gasteiger partial charge < -0.3 is 9.67 Å². The topological polar surface area (TPSA) is 50.9 Å². The van der Waals surface area contributed by atoms with E-state index in [1.54, 1.807) is 24.4 Å². The molecule has 23 heavy (non-hydrogen) atoms. The highest BCUT2D eigenvalue weighted by molar-refractivity contribution is 5.83. The first-order chi connectivity index (χ1) is 11.3. The zero-order valence-corrected chi connectivity index (χ0v) is 12.3. The molecular weight excluding hydrogens is 293 g/mol. The third-order valence-electron chi connectivity index (χ3n) is 4.00. The van der Waals surface area contributed by atoms with Crippen LogP contribution in [0.25, 0.3) is 21.9 Å². The van der Waals surface area contributed by atoms with Crippen molar-refractivity contribution in [2.24, 2.45) is 0 Å². The molecule has 0 fully saturated rings. The molecule has 114 valence electrons. The van der Waals surface area contributed by atoms with Gasteiger partial charge in [-0.3, -0.25) is 4.98 Å². The summed E-state index contributed by atoms with van der Waals surface area (Å²) in [6.07, 6.45) is 1.66. The van der Waals surface area contributed by atoms with Crippen molar-refractivity contribution in [3.05, 3.63) is 71.9 Å². The minimum absolute atomic E-state index is 0.152. The predicted octanol–water partition coefficient (Wildman–Crippen LogP) is 3.26. The number of halogens is 1. The lowest BCUT2D eigenvalue weighted by atomic mass is 10.1. The lowest BCUT2D eigenvalue weighted by Gasteiger charge is -2.10. The summed E-state index contributed by atoms with van der Waals surface area (Å²) in [4.78, 5) is 8.77. The molecule has 0 atom stereocenters. The van der Waals surface area contributed by atoms with Crippen LogP contribution >= 0.6 is 0 Å². The van der Waals surface area contributed by atoms with Crippen molar-refractivity contribution in [2.75, 3.05) is 0 Å². The van der Waals surface area contributed by atoms with Gasteiger partial charge in [0, 0.05) is 11.6 Å². The van der Waals surface area contributed by atoms with Crippen molar-refractivity contribution < 1.29 is 9.50 Å². The lowest BCUT2D eigenvalue weighted by molar-refractivity contribution is 0.267. The molecule has 0 aliphatic carbocycles. The van der Waals surface area contributed by atoms with E-state index in [-0.39, 0.29) is 12.4 Å². The summed E-state index contributed by atoms with van der Waals surface area (Å²) in [5.41, 5.74) is 3.29. The van der Waals surface area contributed by atoms with E-state index in [0.29, 0.717) is 23.3 Å². The minimum Gasteiger partial charge on any atom is -0.388 e. The maximum absolute atomic E-state index is 13.9. The summed E-state index contributed by atoms with van der Waals surface area (Å²) in [7, 11) is 0. The number of hydrogen-bond donors (Lipinski definition) is 1. The highest BCUT2D eigenvalue weighted by atomic mass is 19.1. The van der Waals surface area contributed by atoms with Gasteiger partial charge in [0.2, 0.25) is 0 Å². The zero-order chi connectivity index (χ0) is 15.8. The van der Waals surface area contributed by atoms with Crippen molar-refractivity contribution in [1.29, 1.82) is 0 Å². The molecule has 5 heteroatoms. The largest absolute Gasteiger partial charge is 0.388 e. The van der Waals surface area contributed by atoms with E-state index >= 15 is 0 Å². The number of pyridine rings is 1. The molecule has 2 aromatic heterocycles. The maximum atomic E-state index is 13.9. The molecule has 0 amide bonds. The summed E-state index contributed by atoms with van der Waals surface area (Å²) < 4.78 is 15.9. The Kier molecular flexibility index (Phi) is 3.28. The van der Waals surface area contributed by atoms with Crippen LogP contribution in [-0.4, -0.2) is 19.6 Å². The first-order valence-corrected chi connectivity index (χ1v) is 7.35. The monoisotopic (exact) mass is 307 g/mol. The molecule has 1 N–H and O–H groups in total. The number of aliphatic hydroxyl groups is 1. The van der Waals surface area contributed by atoms with Gasteiger partial charge in [-0.05, 0) is 35.9 Å². The molecule has 4 nitrogen and oxygen atoms in total. The molecule has 0 spiro atoms. The third kappa shape index (κ3) is 2.26. The van der Waals surface area contributed by atoms with Gasteiger partial charge in [-0.1, -0.05) is 18.2 Å². The first kappa shape index (κ1) is 13.8. The molecule has 2 heterocycles. The Morgan fingerprint density at radius 2 is 1.91 bits per heavy atom. The van der Waals surface area contributed by atoms with Crippen molar-refractivity contribution >= 4 is 21.9 Å². The van der Waals surface area contributed by atoms with E-state index < -0.39 is 0 Å². The fourth-order valence-corrected chi connectivity index (χ4v) is 2.92. The number of aliphatic hydroxyl groups excluding tert-OH is 1. The van der Waals surface area contributed by atoms with Crippen LogP contribution in [0.15, 0.2) is 54.7 Å². The summed E-state index contributed by atoms with van der Waals surface area (Å²) >= 11 is 0. The van der Waals surface area contributed by atoms with E-state index in [1.807, 2.05) is 28.8 Å². The minimum atomic E-state index is -0.283. The number of aromatic nitrogens is 3. The molecule has 4 aromatic rings. The number of para-hydroxylation sites is 2. The van der Waals surface area contributed by atoms with Gasteiger partial charge in [-0.25, -0.2) is 9.37 Å². The average Bonchev–Trinajstić information content (AvgIpc) is 2.95. The summed E-state index contributed by atoms with van der Waals surface area (Å²) in [6.45, 7) is 0.325. The van der Waals surface area contributed by atoms with Crippen LogP contribution in [0.4, 0.5) is 4.39 Å². The van der Waals surface area contributed by atoms with Crippen LogP contribution in [0.2, 0.25) is 0 Å². The molecule has 0 radical (unpaired) electrons. The Labute approximate surface area is 131 Å².